The van der Waals surface area contributed by atoms with E-state index in [9.17, 15) is 8.42 Å². The standard InChI is InChI=1S/C10H9N5O2S2.ClH/c1-6-8(7-4-2-3-5-12-7)13-9-15(6)14-10(18-9)19(11,16)17;/h2-5H,1H3,(H2,11,16,17);1H. The predicted molar refractivity (Wildman–Crippen MR) is 77.5 cm³/mol. The van der Waals surface area contributed by atoms with Gasteiger partial charge in [-0.25, -0.2) is 23.1 Å². The van der Waals surface area contributed by atoms with Crippen molar-refractivity contribution in [3.05, 3.63) is 30.1 Å². The summed E-state index contributed by atoms with van der Waals surface area (Å²) >= 11 is 0.934. The minimum Gasteiger partial charge on any atom is -0.255 e. The number of nitrogens with zero attached hydrogens (tertiary/aromatic N) is 4. The highest BCUT2D eigenvalue weighted by molar-refractivity contribution is 7.91. The van der Waals surface area contributed by atoms with Gasteiger partial charge in [0.15, 0.2) is 0 Å². The molecule has 0 aliphatic heterocycles. The average Bonchev–Trinajstić information content (AvgIpc) is 2.90. The van der Waals surface area contributed by atoms with Gasteiger partial charge in [0.05, 0.1) is 11.4 Å². The molecule has 0 spiro atoms. The minimum absolute atomic E-state index is 0. The molecular weight excluding hydrogens is 322 g/mol. The Balaban J connectivity index is 0.00000147. The third kappa shape index (κ3) is 2.40. The summed E-state index contributed by atoms with van der Waals surface area (Å²) in [5, 5.41) is 9.01. The van der Waals surface area contributed by atoms with E-state index in [1.165, 1.54) is 4.52 Å². The highest BCUT2D eigenvalue weighted by Gasteiger charge is 2.20. The van der Waals surface area contributed by atoms with Crippen LogP contribution in [-0.2, 0) is 10.0 Å². The smallest absolute Gasteiger partial charge is 0.255 e. The zero-order valence-electron chi connectivity index (χ0n) is 10.2. The monoisotopic (exact) mass is 331 g/mol. The number of imidazole rings is 1. The van der Waals surface area contributed by atoms with Crippen molar-refractivity contribution in [1.29, 1.82) is 0 Å². The maximum Gasteiger partial charge on any atom is 0.267 e. The number of nitrogens with two attached hydrogens (primary N) is 1. The number of fused-ring (bicyclic) bond motifs is 1. The number of pyridine rings is 1. The lowest BCUT2D eigenvalue weighted by atomic mass is 10.2. The summed E-state index contributed by atoms with van der Waals surface area (Å²) < 4.78 is 23.8. The van der Waals surface area contributed by atoms with Crippen LogP contribution in [0.1, 0.15) is 5.69 Å². The Kier molecular flexibility index (Phi) is 3.78. The molecule has 0 bridgehead atoms. The fourth-order valence-corrected chi connectivity index (χ4v) is 3.26. The Hall–Kier alpha value is -1.55. The van der Waals surface area contributed by atoms with Crippen LogP contribution in [0.5, 0.6) is 0 Å². The summed E-state index contributed by atoms with van der Waals surface area (Å²) in [7, 11) is -3.80. The van der Waals surface area contributed by atoms with Gasteiger partial charge in [-0.2, -0.15) is 0 Å². The molecule has 3 aromatic heterocycles. The second-order valence-electron chi connectivity index (χ2n) is 3.87. The summed E-state index contributed by atoms with van der Waals surface area (Å²) in [5.41, 5.74) is 2.12. The topological polar surface area (TPSA) is 103 Å². The first-order valence-electron chi connectivity index (χ1n) is 5.27. The molecule has 0 unspecified atom stereocenters. The quantitative estimate of drug-likeness (QED) is 0.760. The van der Waals surface area contributed by atoms with Crippen LogP contribution in [0.25, 0.3) is 16.3 Å². The molecule has 3 rings (SSSR count). The Morgan fingerprint density at radius 2 is 2.10 bits per heavy atom. The molecule has 0 radical (unpaired) electrons. The van der Waals surface area contributed by atoms with Gasteiger partial charge in [0, 0.05) is 6.20 Å². The molecule has 3 heterocycles. The van der Waals surface area contributed by atoms with E-state index in [4.69, 9.17) is 5.14 Å². The van der Waals surface area contributed by atoms with Gasteiger partial charge in [0.2, 0.25) is 9.30 Å². The maximum absolute atomic E-state index is 11.2. The Morgan fingerprint density at radius 3 is 2.65 bits per heavy atom. The molecule has 10 heteroatoms. The Labute approximate surface area is 124 Å². The van der Waals surface area contributed by atoms with Crippen LogP contribution in [0.4, 0.5) is 0 Å². The van der Waals surface area contributed by atoms with Gasteiger partial charge in [-0.15, -0.1) is 17.5 Å². The summed E-state index contributed by atoms with van der Waals surface area (Å²) in [6.07, 6.45) is 1.67. The molecule has 7 nitrogen and oxygen atoms in total. The summed E-state index contributed by atoms with van der Waals surface area (Å²) in [5.74, 6) is 0. The van der Waals surface area contributed by atoms with Crippen LogP contribution in [0.3, 0.4) is 0 Å². The van der Waals surface area contributed by atoms with Crippen molar-refractivity contribution in [3.63, 3.8) is 0 Å². The third-order valence-electron chi connectivity index (χ3n) is 2.56. The fraction of sp³-hybridized carbons (Fsp3) is 0.100. The van der Waals surface area contributed by atoms with Crippen molar-refractivity contribution in [2.24, 2.45) is 5.14 Å². The highest BCUT2D eigenvalue weighted by Crippen LogP contribution is 2.26. The molecule has 0 aliphatic rings. The first-order chi connectivity index (χ1) is 8.97. The summed E-state index contributed by atoms with van der Waals surface area (Å²) in [6, 6.07) is 5.51. The van der Waals surface area contributed by atoms with Gasteiger partial charge in [-0.1, -0.05) is 17.4 Å². The van der Waals surface area contributed by atoms with Gasteiger partial charge in [-0.05, 0) is 19.1 Å². The van der Waals surface area contributed by atoms with Crippen molar-refractivity contribution in [1.82, 2.24) is 19.6 Å². The second kappa shape index (κ2) is 5.09. The number of primary sulfonamides is 1. The minimum atomic E-state index is -3.80. The van der Waals surface area contributed by atoms with E-state index >= 15 is 0 Å². The first-order valence-corrected chi connectivity index (χ1v) is 7.63. The largest absolute Gasteiger partial charge is 0.267 e. The molecule has 0 aliphatic carbocycles. The van der Waals surface area contributed by atoms with E-state index in [0.29, 0.717) is 10.7 Å². The van der Waals surface area contributed by atoms with Crippen LogP contribution in [0.2, 0.25) is 0 Å². The zero-order valence-corrected chi connectivity index (χ0v) is 12.7. The van der Waals surface area contributed by atoms with Gasteiger partial charge in [-0.3, -0.25) is 4.98 Å². The lowest BCUT2D eigenvalue weighted by molar-refractivity contribution is 0.594. The normalized spacial score (nSPS) is 11.5. The van der Waals surface area contributed by atoms with Gasteiger partial charge < -0.3 is 0 Å². The SMILES string of the molecule is Cc1c(-c2ccccn2)nc2sc(S(N)(=O)=O)nn12.Cl. The lowest BCUT2D eigenvalue weighted by Crippen LogP contribution is -2.12. The zero-order chi connectivity index (χ0) is 13.6. The molecule has 106 valence electrons. The number of sulfonamides is 1. The highest BCUT2D eigenvalue weighted by atomic mass is 35.5. The number of halogens is 1. The molecule has 0 atom stereocenters. The van der Waals surface area contributed by atoms with E-state index in [2.05, 4.69) is 15.1 Å². The molecule has 3 aromatic rings. The van der Waals surface area contributed by atoms with E-state index in [1.54, 1.807) is 13.1 Å². The fourth-order valence-electron chi connectivity index (χ4n) is 1.69. The molecule has 0 fully saturated rings. The molecule has 0 aromatic carbocycles. The van der Waals surface area contributed by atoms with Crippen LogP contribution in [0.15, 0.2) is 28.7 Å². The second-order valence-corrected chi connectivity index (χ2v) is 6.56. The summed E-state index contributed by atoms with van der Waals surface area (Å²) in [6.45, 7) is 1.80. The first kappa shape index (κ1) is 14.9. The molecule has 20 heavy (non-hydrogen) atoms. The van der Waals surface area contributed by atoms with Crippen LogP contribution in [0, 0.1) is 6.92 Å². The maximum atomic E-state index is 11.2. The van der Waals surface area contributed by atoms with E-state index in [-0.39, 0.29) is 16.7 Å². The molecule has 2 N–H and O–H groups in total. The van der Waals surface area contributed by atoms with Crippen molar-refractivity contribution in [2.45, 2.75) is 11.3 Å². The van der Waals surface area contributed by atoms with Crippen LogP contribution >= 0.6 is 23.7 Å². The number of hydrogen-bond donors (Lipinski definition) is 1. The van der Waals surface area contributed by atoms with E-state index < -0.39 is 10.0 Å². The number of aryl methyl sites for hydroxylation is 1. The summed E-state index contributed by atoms with van der Waals surface area (Å²) in [4.78, 5) is 9.04. The van der Waals surface area contributed by atoms with Gasteiger partial charge >= 0.3 is 0 Å². The molecular formula is C10H10ClN5O2S2. The average molecular weight is 332 g/mol. The van der Waals surface area contributed by atoms with Gasteiger partial charge in [0.1, 0.15) is 5.69 Å². The predicted octanol–water partition coefficient (Wildman–Crippen LogP) is 1.23. The van der Waals surface area contributed by atoms with Crippen molar-refractivity contribution >= 4 is 38.7 Å². The van der Waals surface area contributed by atoms with Crippen LogP contribution < -0.4 is 5.14 Å². The molecule has 0 saturated carbocycles. The van der Waals surface area contributed by atoms with Gasteiger partial charge in [0.25, 0.3) is 10.0 Å². The lowest BCUT2D eigenvalue weighted by Gasteiger charge is -1.96. The van der Waals surface area contributed by atoms with Crippen LogP contribution in [-0.4, -0.2) is 28.0 Å². The van der Waals surface area contributed by atoms with Crippen molar-refractivity contribution in [2.75, 3.05) is 0 Å². The van der Waals surface area contributed by atoms with Crippen molar-refractivity contribution < 1.29 is 8.42 Å². The van der Waals surface area contributed by atoms with E-state index in [0.717, 1.165) is 22.7 Å². The van der Waals surface area contributed by atoms with E-state index in [1.807, 2.05) is 18.2 Å². The number of hydrogen-bond acceptors (Lipinski definition) is 6. The Morgan fingerprint density at radius 1 is 1.35 bits per heavy atom. The number of aromatic nitrogens is 4. The Bertz CT molecular complexity index is 857. The third-order valence-corrected chi connectivity index (χ3v) is 4.78. The molecule has 0 saturated heterocycles. The van der Waals surface area contributed by atoms with Crippen molar-refractivity contribution in [3.8, 4) is 11.4 Å². The number of rotatable bonds is 2. The molecule has 0 amide bonds.